The van der Waals surface area contributed by atoms with Crippen molar-refractivity contribution in [2.75, 3.05) is 37.8 Å². The second kappa shape index (κ2) is 6.78. The number of aromatic nitrogens is 2. The molecule has 6 heteroatoms. The smallest absolute Gasteiger partial charge is 0.241 e. The largest absolute Gasteiger partial charge is 0.370 e. The topological polar surface area (TPSA) is 70.2 Å². The van der Waals surface area contributed by atoms with Crippen LogP contribution < -0.4 is 10.6 Å². The molecule has 18 heavy (non-hydrogen) atoms. The molecule has 6 nitrogen and oxygen atoms in total. The Labute approximate surface area is 108 Å². The van der Waals surface area contributed by atoms with Crippen LogP contribution >= 0.6 is 0 Å². The highest BCUT2D eigenvalue weighted by Gasteiger charge is 2.05. The minimum Gasteiger partial charge on any atom is -0.370 e. The first-order valence-electron chi connectivity index (χ1n) is 6.06. The standard InChI is InChI=1S/C12H21N5O/c1-5-6-13-10-7-11(16-9(2)15-10)14-8-12(18)17(3)4/h7H,5-6,8H2,1-4H3,(H2,13,14,15,16). The Morgan fingerprint density at radius 3 is 2.44 bits per heavy atom. The van der Waals surface area contributed by atoms with Crippen molar-refractivity contribution in [3.63, 3.8) is 0 Å². The molecule has 0 bridgehead atoms. The van der Waals surface area contributed by atoms with Crippen LogP contribution in [0.25, 0.3) is 0 Å². The molecule has 0 aromatic carbocycles. The first kappa shape index (κ1) is 14.2. The Morgan fingerprint density at radius 1 is 1.28 bits per heavy atom. The predicted octanol–water partition coefficient (Wildman–Crippen LogP) is 1.11. The fourth-order valence-corrected chi connectivity index (χ4v) is 1.33. The summed E-state index contributed by atoms with van der Waals surface area (Å²) in [4.78, 5) is 21.5. The van der Waals surface area contributed by atoms with E-state index in [0.29, 0.717) is 11.6 Å². The number of amides is 1. The Hall–Kier alpha value is -1.85. The number of hydrogen-bond acceptors (Lipinski definition) is 5. The molecule has 2 N–H and O–H groups in total. The molecular formula is C12H21N5O. The first-order valence-corrected chi connectivity index (χ1v) is 6.06. The van der Waals surface area contributed by atoms with Gasteiger partial charge in [0.15, 0.2) is 0 Å². The van der Waals surface area contributed by atoms with Gasteiger partial charge in [-0.2, -0.15) is 0 Å². The van der Waals surface area contributed by atoms with E-state index in [1.807, 2.05) is 13.0 Å². The van der Waals surface area contributed by atoms with Crippen LogP contribution in [-0.2, 0) is 4.79 Å². The van der Waals surface area contributed by atoms with Gasteiger partial charge in [-0.1, -0.05) is 6.92 Å². The maximum Gasteiger partial charge on any atom is 0.241 e. The molecule has 0 aliphatic heterocycles. The summed E-state index contributed by atoms with van der Waals surface area (Å²) in [5, 5.41) is 6.20. The minimum absolute atomic E-state index is 0.00864. The number of nitrogens with one attached hydrogen (secondary N) is 2. The van der Waals surface area contributed by atoms with Crippen LogP contribution in [-0.4, -0.2) is 48.0 Å². The van der Waals surface area contributed by atoms with Crippen molar-refractivity contribution in [1.29, 1.82) is 0 Å². The molecule has 0 spiro atoms. The molecule has 1 aromatic rings. The van der Waals surface area contributed by atoms with Crippen molar-refractivity contribution in [3.8, 4) is 0 Å². The Balaban J connectivity index is 2.65. The molecule has 1 heterocycles. The molecule has 1 aromatic heterocycles. The van der Waals surface area contributed by atoms with Crippen LogP contribution in [0.3, 0.4) is 0 Å². The Morgan fingerprint density at radius 2 is 1.89 bits per heavy atom. The maximum atomic E-state index is 11.5. The summed E-state index contributed by atoms with van der Waals surface area (Å²) in [6, 6.07) is 1.81. The normalized spacial score (nSPS) is 10.0. The molecule has 0 saturated heterocycles. The van der Waals surface area contributed by atoms with Crippen LogP contribution in [0.5, 0.6) is 0 Å². The lowest BCUT2D eigenvalue weighted by Gasteiger charge is -2.12. The molecule has 0 atom stereocenters. The number of hydrogen-bond donors (Lipinski definition) is 2. The molecule has 0 saturated carbocycles. The maximum absolute atomic E-state index is 11.5. The van der Waals surface area contributed by atoms with Gasteiger partial charge in [0, 0.05) is 26.7 Å². The monoisotopic (exact) mass is 251 g/mol. The zero-order valence-corrected chi connectivity index (χ0v) is 11.4. The van der Waals surface area contributed by atoms with E-state index in [1.165, 1.54) is 4.90 Å². The van der Waals surface area contributed by atoms with Crippen LogP contribution in [0, 0.1) is 6.92 Å². The van der Waals surface area contributed by atoms with E-state index in [0.717, 1.165) is 18.8 Å². The van der Waals surface area contributed by atoms with E-state index in [9.17, 15) is 4.79 Å². The molecule has 100 valence electrons. The third kappa shape index (κ3) is 4.57. The average Bonchev–Trinajstić information content (AvgIpc) is 2.32. The van der Waals surface area contributed by atoms with Gasteiger partial charge in [-0.05, 0) is 13.3 Å². The van der Waals surface area contributed by atoms with Gasteiger partial charge < -0.3 is 15.5 Å². The van der Waals surface area contributed by atoms with E-state index in [-0.39, 0.29) is 12.5 Å². The lowest BCUT2D eigenvalue weighted by molar-refractivity contribution is -0.126. The number of likely N-dealkylation sites (N-methyl/N-ethyl adjacent to an activating group) is 1. The van der Waals surface area contributed by atoms with Gasteiger partial charge in [-0.25, -0.2) is 9.97 Å². The summed E-state index contributed by atoms with van der Waals surface area (Å²) >= 11 is 0. The molecule has 1 rings (SSSR count). The predicted molar refractivity (Wildman–Crippen MR) is 72.7 cm³/mol. The van der Waals surface area contributed by atoms with Crippen molar-refractivity contribution in [2.24, 2.45) is 0 Å². The molecule has 0 unspecified atom stereocenters. The van der Waals surface area contributed by atoms with Crippen molar-refractivity contribution in [1.82, 2.24) is 14.9 Å². The van der Waals surface area contributed by atoms with Crippen molar-refractivity contribution in [2.45, 2.75) is 20.3 Å². The van der Waals surface area contributed by atoms with Gasteiger partial charge in [0.25, 0.3) is 0 Å². The summed E-state index contributed by atoms with van der Waals surface area (Å²) in [5.41, 5.74) is 0. The highest BCUT2D eigenvalue weighted by molar-refractivity contribution is 5.80. The summed E-state index contributed by atoms with van der Waals surface area (Å²) in [6.07, 6.45) is 1.03. The van der Waals surface area contributed by atoms with Gasteiger partial charge >= 0.3 is 0 Å². The first-order chi connectivity index (χ1) is 8.52. The van der Waals surface area contributed by atoms with Gasteiger partial charge in [0.05, 0.1) is 6.54 Å². The average molecular weight is 251 g/mol. The molecule has 0 aliphatic carbocycles. The fourth-order valence-electron chi connectivity index (χ4n) is 1.33. The Kier molecular flexibility index (Phi) is 5.35. The van der Waals surface area contributed by atoms with E-state index in [2.05, 4.69) is 27.5 Å². The molecular weight excluding hydrogens is 230 g/mol. The third-order valence-electron chi connectivity index (χ3n) is 2.31. The minimum atomic E-state index is 0.00864. The van der Waals surface area contributed by atoms with Crippen molar-refractivity contribution >= 4 is 17.5 Å². The van der Waals surface area contributed by atoms with Crippen LogP contribution in [0.1, 0.15) is 19.2 Å². The van der Waals surface area contributed by atoms with Gasteiger partial charge in [0.1, 0.15) is 17.5 Å². The van der Waals surface area contributed by atoms with E-state index in [1.54, 1.807) is 14.1 Å². The summed E-state index contributed by atoms with van der Waals surface area (Å²) in [5.74, 6) is 2.13. The summed E-state index contributed by atoms with van der Waals surface area (Å²) in [7, 11) is 3.45. The van der Waals surface area contributed by atoms with Gasteiger partial charge in [-0.3, -0.25) is 4.79 Å². The third-order valence-corrected chi connectivity index (χ3v) is 2.31. The van der Waals surface area contributed by atoms with Crippen LogP contribution in [0.15, 0.2) is 6.07 Å². The van der Waals surface area contributed by atoms with Crippen molar-refractivity contribution < 1.29 is 4.79 Å². The molecule has 0 fully saturated rings. The van der Waals surface area contributed by atoms with Gasteiger partial charge in [0.2, 0.25) is 5.91 Å². The lowest BCUT2D eigenvalue weighted by atomic mass is 10.4. The van der Waals surface area contributed by atoms with Crippen LogP contribution in [0.2, 0.25) is 0 Å². The van der Waals surface area contributed by atoms with Gasteiger partial charge in [-0.15, -0.1) is 0 Å². The number of anilines is 2. The van der Waals surface area contributed by atoms with E-state index in [4.69, 9.17) is 0 Å². The lowest BCUT2D eigenvalue weighted by Crippen LogP contribution is -2.28. The number of carbonyl (C=O) groups is 1. The number of aryl methyl sites for hydroxylation is 1. The highest BCUT2D eigenvalue weighted by atomic mass is 16.2. The summed E-state index contributed by atoms with van der Waals surface area (Å²) < 4.78 is 0. The second-order valence-electron chi connectivity index (χ2n) is 4.25. The molecule has 0 radical (unpaired) electrons. The number of nitrogens with zero attached hydrogens (tertiary/aromatic N) is 3. The Bertz CT molecular complexity index is 405. The zero-order valence-electron chi connectivity index (χ0n) is 11.4. The zero-order chi connectivity index (χ0) is 13.5. The molecule has 0 aliphatic rings. The SMILES string of the molecule is CCCNc1cc(NCC(=O)N(C)C)nc(C)n1. The van der Waals surface area contributed by atoms with Crippen molar-refractivity contribution in [3.05, 3.63) is 11.9 Å². The quantitative estimate of drug-likeness (QED) is 0.792. The highest BCUT2D eigenvalue weighted by Crippen LogP contribution is 2.10. The number of carbonyl (C=O) groups excluding carboxylic acids is 1. The second-order valence-corrected chi connectivity index (χ2v) is 4.25. The van der Waals surface area contributed by atoms with E-state index < -0.39 is 0 Å². The van der Waals surface area contributed by atoms with E-state index >= 15 is 0 Å². The number of rotatable bonds is 6. The van der Waals surface area contributed by atoms with Crippen LogP contribution in [0.4, 0.5) is 11.6 Å². The fraction of sp³-hybridized carbons (Fsp3) is 0.583. The molecule has 1 amide bonds. The summed E-state index contributed by atoms with van der Waals surface area (Å²) in [6.45, 7) is 5.02.